The molecule has 2 heterocycles. The number of aryl methyl sites for hydroxylation is 2. The number of hydrogen-bond donors (Lipinski definition) is 0. The Labute approximate surface area is 183 Å². The lowest BCUT2D eigenvalue weighted by molar-refractivity contribution is -0.634. The van der Waals surface area contributed by atoms with E-state index in [9.17, 15) is 0 Å². The van der Waals surface area contributed by atoms with Crippen LogP contribution in [0.15, 0.2) is 40.8 Å². The van der Waals surface area contributed by atoms with Crippen LogP contribution in [-0.4, -0.2) is 9.55 Å². The van der Waals surface area contributed by atoms with Crippen LogP contribution in [0, 0.1) is 6.92 Å². The van der Waals surface area contributed by atoms with Crippen LogP contribution in [0.25, 0.3) is 33.5 Å². The highest BCUT2D eigenvalue weighted by Gasteiger charge is 2.34. The summed E-state index contributed by atoms with van der Waals surface area (Å²) < 4.78 is 11.3. The Morgan fingerprint density at radius 1 is 0.935 bits per heavy atom. The number of para-hydroxylation sites is 2. The van der Waals surface area contributed by atoms with Crippen molar-refractivity contribution in [3.63, 3.8) is 0 Å². The van der Waals surface area contributed by atoms with E-state index < -0.39 is 0 Å². The lowest BCUT2D eigenvalue weighted by Gasteiger charge is -2.21. The molecule has 2 aromatic carbocycles. The maximum atomic E-state index is 6.34. The highest BCUT2D eigenvalue weighted by atomic mass is 16.3. The van der Waals surface area contributed by atoms with E-state index in [0.29, 0.717) is 12.0 Å². The fourth-order valence-electron chi connectivity index (χ4n) is 6.08. The number of hydrogen-bond acceptors (Lipinski definition) is 2. The van der Waals surface area contributed by atoms with Gasteiger partial charge < -0.3 is 4.42 Å². The average Bonchev–Trinajstić information content (AvgIpc) is 3.53. The first-order valence-electron chi connectivity index (χ1n) is 12.1. The second kappa shape index (κ2) is 7.51. The van der Waals surface area contributed by atoms with E-state index in [1.807, 2.05) is 0 Å². The Morgan fingerprint density at radius 3 is 2.48 bits per heavy atom. The van der Waals surface area contributed by atoms with Crippen LogP contribution in [0.2, 0.25) is 0 Å². The highest BCUT2D eigenvalue weighted by Crippen LogP contribution is 2.40. The van der Waals surface area contributed by atoms with Gasteiger partial charge in [0, 0.05) is 5.92 Å². The quantitative estimate of drug-likeness (QED) is 0.348. The molecule has 0 atom stereocenters. The van der Waals surface area contributed by atoms with Crippen LogP contribution in [0.3, 0.4) is 0 Å². The molecule has 4 aromatic rings. The number of nitrogens with zero attached hydrogens (tertiary/aromatic N) is 3. The summed E-state index contributed by atoms with van der Waals surface area (Å²) in [5.74, 6) is 2.71. The van der Waals surface area contributed by atoms with E-state index in [4.69, 9.17) is 9.40 Å². The van der Waals surface area contributed by atoms with Gasteiger partial charge in [0.2, 0.25) is 0 Å². The lowest BCUT2D eigenvalue weighted by Crippen LogP contribution is -2.31. The van der Waals surface area contributed by atoms with Crippen molar-refractivity contribution >= 4 is 22.1 Å². The molecule has 2 aliphatic carbocycles. The summed E-state index contributed by atoms with van der Waals surface area (Å²) in [6, 6.07) is 13.7. The first kappa shape index (κ1) is 19.1. The van der Waals surface area contributed by atoms with Gasteiger partial charge in [0.15, 0.2) is 22.5 Å². The Bertz CT molecular complexity index is 1250. The predicted molar refractivity (Wildman–Crippen MR) is 124 cm³/mol. The number of fused-ring (bicyclic) bond motifs is 2. The molecule has 4 heteroatoms. The molecule has 2 fully saturated rings. The Balaban J connectivity index is 1.63. The van der Waals surface area contributed by atoms with Crippen molar-refractivity contribution < 1.29 is 8.98 Å². The van der Waals surface area contributed by atoms with E-state index >= 15 is 0 Å². The maximum absolute atomic E-state index is 6.34. The molecule has 2 aliphatic rings. The van der Waals surface area contributed by atoms with Gasteiger partial charge >= 0.3 is 0 Å². The van der Waals surface area contributed by atoms with E-state index in [-0.39, 0.29) is 0 Å². The molecule has 0 spiro atoms. The molecule has 0 radical (unpaired) electrons. The minimum Gasteiger partial charge on any atom is -0.440 e. The van der Waals surface area contributed by atoms with E-state index in [0.717, 1.165) is 17.0 Å². The fourth-order valence-corrected chi connectivity index (χ4v) is 6.08. The number of aromatic nitrogens is 3. The Kier molecular flexibility index (Phi) is 4.62. The molecule has 2 aromatic heterocycles. The average molecular weight is 415 g/mol. The molecule has 0 N–H and O–H groups in total. The molecular formula is C27H32N3O+. The predicted octanol–water partition coefficient (Wildman–Crippen LogP) is 6.75. The van der Waals surface area contributed by atoms with Crippen LogP contribution in [0.4, 0.5) is 0 Å². The fraction of sp³-hybridized carbons (Fsp3) is 0.481. The summed E-state index contributed by atoms with van der Waals surface area (Å²) >= 11 is 0. The normalized spacial score (nSPS) is 18.5. The summed E-state index contributed by atoms with van der Waals surface area (Å²) in [5, 5.41) is 0. The van der Waals surface area contributed by atoms with Gasteiger partial charge in [0.25, 0.3) is 5.82 Å². The lowest BCUT2D eigenvalue weighted by atomic mass is 9.94. The minimum atomic E-state index is 0.485. The monoisotopic (exact) mass is 414 g/mol. The molecule has 2 saturated carbocycles. The van der Waals surface area contributed by atoms with Gasteiger partial charge in [-0.25, -0.2) is 14.1 Å². The van der Waals surface area contributed by atoms with Crippen LogP contribution < -0.4 is 4.57 Å². The number of oxazole rings is 1. The van der Waals surface area contributed by atoms with Gasteiger partial charge in [-0.05, 0) is 69.2 Å². The third kappa shape index (κ3) is 3.02. The van der Waals surface area contributed by atoms with E-state index in [1.165, 1.54) is 85.8 Å². The zero-order valence-electron chi connectivity index (χ0n) is 18.7. The van der Waals surface area contributed by atoms with Crippen LogP contribution in [0.5, 0.6) is 0 Å². The van der Waals surface area contributed by atoms with Crippen molar-refractivity contribution in [2.75, 3.05) is 0 Å². The molecule has 4 nitrogen and oxygen atoms in total. The van der Waals surface area contributed by atoms with E-state index in [2.05, 4.69) is 59.5 Å². The maximum Gasteiger partial charge on any atom is 0.292 e. The molecule has 160 valence electrons. The van der Waals surface area contributed by atoms with Crippen molar-refractivity contribution in [2.45, 2.75) is 76.7 Å². The second-order valence-corrected chi connectivity index (χ2v) is 9.67. The van der Waals surface area contributed by atoms with Crippen molar-refractivity contribution in [2.24, 2.45) is 7.05 Å². The largest absolute Gasteiger partial charge is 0.440 e. The third-order valence-corrected chi connectivity index (χ3v) is 7.70. The van der Waals surface area contributed by atoms with Gasteiger partial charge in [-0.1, -0.05) is 37.5 Å². The van der Waals surface area contributed by atoms with Gasteiger partial charge in [0.05, 0.1) is 12.6 Å². The standard InChI is InChI=1S/C27H32N3O/c1-18-16-17-23-25(28-26(31-23)19-10-6-7-11-19)24(18)27-29(2)21-14-8-9-15-22(21)30(27)20-12-4-3-5-13-20/h8-9,14-17,19-20H,3-7,10-13H2,1-2H3/q+1. The van der Waals surface area contributed by atoms with Gasteiger partial charge in [0.1, 0.15) is 11.6 Å². The summed E-state index contributed by atoms with van der Waals surface area (Å²) in [4.78, 5) is 5.14. The molecular weight excluding hydrogens is 382 g/mol. The second-order valence-electron chi connectivity index (χ2n) is 9.67. The zero-order valence-corrected chi connectivity index (χ0v) is 18.7. The summed E-state index contributed by atoms with van der Waals surface area (Å²) in [7, 11) is 2.22. The zero-order chi connectivity index (χ0) is 20.9. The van der Waals surface area contributed by atoms with Gasteiger partial charge in [-0.2, -0.15) is 0 Å². The Hall–Kier alpha value is -2.62. The van der Waals surface area contributed by atoms with Gasteiger partial charge in [-0.15, -0.1) is 0 Å². The van der Waals surface area contributed by atoms with Crippen LogP contribution in [0.1, 0.15) is 81.2 Å². The number of rotatable bonds is 3. The highest BCUT2D eigenvalue weighted by molar-refractivity contribution is 5.92. The molecule has 6 rings (SSSR count). The van der Waals surface area contributed by atoms with Crippen LogP contribution in [-0.2, 0) is 7.05 Å². The molecule has 0 aliphatic heterocycles. The van der Waals surface area contributed by atoms with Crippen molar-refractivity contribution in [3.05, 3.63) is 47.9 Å². The number of benzene rings is 2. The SMILES string of the molecule is Cc1ccc2oc(C3CCCC3)nc2c1-c1n(C2CCCCC2)c2ccccc2[n+]1C. The first-order valence-corrected chi connectivity index (χ1v) is 12.1. The molecule has 0 bridgehead atoms. The molecule has 0 saturated heterocycles. The third-order valence-electron chi connectivity index (χ3n) is 7.70. The smallest absolute Gasteiger partial charge is 0.292 e. The van der Waals surface area contributed by atoms with Gasteiger partial charge in [-0.3, -0.25) is 0 Å². The minimum absolute atomic E-state index is 0.485. The Morgan fingerprint density at radius 2 is 1.68 bits per heavy atom. The van der Waals surface area contributed by atoms with Crippen molar-refractivity contribution in [1.82, 2.24) is 9.55 Å². The van der Waals surface area contributed by atoms with Crippen LogP contribution >= 0.6 is 0 Å². The summed E-state index contributed by atoms with van der Waals surface area (Å²) in [6.45, 7) is 2.22. The summed E-state index contributed by atoms with van der Waals surface area (Å²) in [6.07, 6.45) is 11.5. The summed E-state index contributed by atoms with van der Waals surface area (Å²) in [5.41, 5.74) is 7.12. The van der Waals surface area contributed by atoms with Crippen molar-refractivity contribution in [3.8, 4) is 11.4 Å². The topological polar surface area (TPSA) is 34.8 Å². The molecule has 0 unspecified atom stereocenters. The molecule has 0 amide bonds. The number of imidazole rings is 1. The van der Waals surface area contributed by atoms with Crippen molar-refractivity contribution in [1.29, 1.82) is 0 Å². The first-order chi connectivity index (χ1) is 15.2. The van der Waals surface area contributed by atoms with E-state index in [1.54, 1.807) is 0 Å². The molecule has 31 heavy (non-hydrogen) atoms.